The molecule has 1 aliphatic carbocycles. The Morgan fingerprint density at radius 1 is 1.20 bits per heavy atom. The van der Waals surface area contributed by atoms with Crippen LogP contribution in [0.3, 0.4) is 0 Å². The highest BCUT2D eigenvalue weighted by Crippen LogP contribution is 2.46. The van der Waals surface area contributed by atoms with Crippen molar-refractivity contribution in [3.05, 3.63) is 21.7 Å². The van der Waals surface area contributed by atoms with Gasteiger partial charge in [-0.05, 0) is 57.9 Å². The molecule has 7 heteroatoms. The van der Waals surface area contributed by atoms with E-state index in [1.165, 1.54) is 0 Å². The van der Waals surface area contributed by atoms with E-state index in [0.29, 0.717) is 0 Å². The van der Waals surface area contributed by atoms with Crippen molar-refractivity contribution >= 4 is 29.0 Å². The molecule has 6 nitrogen and oxygen atoms in total. The lowest BCUT2D eigenvalue weighted by atomic mass is 9.72. The van der Waals surface area contributed by atoms with Crippen LogP contribution >= 0.6 is 11.3 Å². The molecule has 2 aliphatic rings. The van der Waals surface area contributed by atoms with Crippen LogP contribution in [0, 0.1) is 30.1 Å². The number of aryl methyl sites for hydroxylation is 1. The second-order valence-electron chi connectivity index (χ2n) is 11.7. The number of carbonyl (C=O) groups excluding carboxylic acids is 2. The number of aliphatic hydroxyl groups is 2. The SMILES string of the molecule is C/C(=C\c1csc(C)n1)[C@@H]1CC(=O)C[C@H](O)C(C)(C)C(=O)[C@H](C)[C@@H](O)[C@@H](C)CCC[C@@]2(C)O[C@@H]2C1. The first-order chi connectivity index (χ1) is 16.2. The number of thiazole rings is 1. The third-order valence-electron chi connectivity index (χ3n) is 8.39. The standard InChI is InChI=1S/C28H43NO5S/c1-16-9-8-10-28(7)24(34-28)13-20(17(2)11-21-15-35-19(4)29-21)12-22(30)14-23(31)27(5,6)26(33)18(3)25(16)32/h11,15-16,18,20,23-25,31-32H,8-10,12-14H2,1-7H3/b17-11+/t16-,18+,20+,23-,24+,25-,28+/m0/s1. The number of carbonyl (C=O) groups is 2. The number of nitrogens with zero attached hydrogens (tertiary/aromatic N) is 1. The van der Waals surface area contributed by atoms with Gasteiger partial charge < -0.3 is 14.9 Å². The van der Waals surface area contributed by atoms with Crippen molar-refractivity contribution in [1.29, 1.82) is 0 Å². The summed E-state index contributed by atoms with van der Waals surface area (Å²) in [4.78, 5) is 30.9. The Hall–Kier alpha value is -1.41. The number of rotatable bonds is 2. The van der Waals surface area contributed by atoms with Gasteiger partial charge in [-0.25, -0.2) is 4.98 Å². The first-order valence-corrected chi connectivity index (χ1v) is 13.8. The summed E-state index contributed by atoms with van der Waals surface area (Å²) in [5, 5.41) is 24.8. The average Bonchev–Trinajstić information content (AvgIpc) is 3.22. The quantitative estimate of drug-likeness (QED) is 0.540. The molecule has 0 spiro atoms. The maximum atomic E-state index is 13.3. The van der Waals surface area contributed by atoms with E-state index >= 15 is 0 Å². The van der Waals surface area contributed by atoms with Crippen molar-refractivity contribution in [1.82, 2.24) is 4.98 Å². The zero-order valence-electron chi connectivity index (χ0n) is 22.3. The van der Waals surface area contributed by atoms with Crippen molar-refractivity contribution in [2.75, 3.05) is 0 Å². The Bertz CT molecular complexity index is 953. The highest BCUT2D eigenvalue weighted by atomic mass is 32.1. The summed E-state index contributed by atoms with van der Waals surface area (Å²) in [5.41, 5.74) is 0.641. The van der Waals surface area contributed by atoms with Crippen LogP contribution in [0.15, 0.2) is 11.0 Å². The van der Waals surface area contributed by atoms with Crippen molar-refractivity contribution in [2.24, 2.45) is 23.2 Å². The Kier molecular flexibility index (Phi) is 8.78. The smallest absolute Gasteiger partial charge is 0.146 e. The van der Waals surface area contributed by atoms with E-state index in [1.807, 2.05) is 32.2 Å². The fourth-order valence-electron chi connectivity index (χ4n) is 5.47. The lowest BCUT2D eigenvalue weighted by Crippen LogP contribution is -2.45. The van der Waals surface area contributed by atoms with E-state index in [9.17, 15) is 19.8 Å². The van der Waals surface area contributed by atoms with Gasteiger partial charge in [0.05, 0.1) is 40.0 Å². The highest BCUT2D eigenvalue weighted by molar-refractivity contribution is 7.09. The molecule has 2 N–H and O–H groups in total. The van der Waals surface area contributed by atoms with Gasteiger partial charge >= 0.3 is 0 Å². The largest absolute Gasteiger partial charge is 0.392 e. The predicted molar refractivity (Wildman–Crippen MR) is 139 cm³/mol. The number of aliphatic hydroxyl groups excluding tert-OH is 2. The first kappa shape index (κ1) is 28.2. The summed E-state index contributed by atoms with van der Waals surface area (Å²) in [6, 6.07) is 0. The number of Topliss-reactive ketones (excluding diaryl/α,β-unsaturated/α-hetero) is 2. The van der Waals surface area contributed by atoms with E-state index in [4.69, 9.17) is 4.74 Å². The van der Waals surface area contributed by atoms with Gasteiger partial charge in [-0.2, -0.15) is 0 Å². The number of fused-ring (bicyclic) bond motifs is 1. The van der Waals surface area contributed by atoms with Crippen LogP contribution in [0.1, 0.15) is 90.8 Å². The molecule has 1 aromatic rings. The summed E-state index contributed by atoms with van der Waals surface area (Å²) >= 11 is 1.60. The molecule has 0 unspecified atom stereocenters. The van der Waals surface area contributed by atoms with Crippen molar-refractivity contribution < 1.29 is 24.5 Å². The van der Waals surface area contributed by atoms with Crippen LogP contribution in [0.2, 0.25) is 0 Å². The number of hydrogen-bond acceptors (Lipinski definition) is 7. The Balaban J connectivity index is 1.85. The molecule has 1 saturated carbocycles. The molecule has 1 saturated heterocycles. The summed E-state index contributed by atoms with van der Waals surface area (Å²) < 4.78 is 6.14. The summed E-state index contributed by atoms with van der Waals surface area (Å²) in [7, 11) is 0. The van der Waals surface area contributed by atoms with Gasteiger partial charge in [-0.3, -0.25) is 9.59 Å². The molecule has 1 aliphatic heterocycles. The summed E-state index contributed by atoms with van der Waals surface area (Å²) in [5.74, 6) is -0.945. The molecular formula is C28H43NO5S. The van der Waals surface area contributed by atoms with Crippen LogP contribution in [0.25, 0.3) is 6.08 Å². The van der Waals surface area contributed by atoms with Gasteiger partial charge in [-0.15, -0.1) is 11.3 Å². The van der Waals surface area contributed by atoms with E-state index in [2.05, 4.69) is 11.9 Å². The molecule has 0 radical (unpaired) electrons. The molecule has 1 aromatic heterocycles. The normalized spacial score (nSPS) is 37.7. The molecule has 3 rings (SSSR count). The molecule has 0 bridgehead atoms. The second-order valence-corrected chi connectivity index (χ2v) is 12.8. The zero-order chi connectivity index (χ0) is 26.1. The number of ether oxygens (including phenoxy) is 1. The molecular weight excluding hydrogens is 462 g/mol. The van der Waals surface area contributed by atoms with Gasteiger partial charge in [0.2, 0.25) is 0 Å². The number of allylic oxidation sites excluding steroid dienone is 1. The fraction of sp³-hybridized carbons (Fsp3) is 0.750. The zero-order valence-corrected chi connectivity index (χ0v) is 23.2. The lowest BCUT2D eigenvalue weighted by Gasteiger charge is -2.34. The van der Waals surface area contributed by atoms with Crippen LogP contribution < -0.4 is 0 Å². The third kappa shape index (κ3) is 6.68. The van der Waals surface area contributed by atoms with Crippen LogP contribution in [-0.4, -0.2) is 50.7 Å². The topological polar surface area (TPSA) is 100 Å². The van der Waals surface area contributed by atoms with E-state index in [0.717, 1.165) is 42.0 Å². The van der Waals surface area contributed by atoms with Gasteiger partial charge in [0.15, 0.2) is 0 Å². The van der Waals surface area contributed by atoms with Crippen LogP contribution in [0.5, 0.6) is 0 Å². The van der Waals surface area contributed by atoms with E-state index in [-0.39, 0.29) is 47.9 Å². The second kappa shape index (κ2) is 10.9. The maximum Gasteiger partial charge on any atom is 0.146 e. The van der Waals surface area contributed by atoms with Gasteiger partial charge in [-0.1, -0.05) is 39.7 Å². The first-order valence-electron chi connectivity index (χ1n) is 12.9. The highest BCUT2D eigenvalue weighted by Gasteiger charge is 2.52. The molecule has 2 heterocycles. The number of aromatic nitrogens is 1. The number of ketones is 2. The summed E-state index contributed by atoms with van der Waals surface area (Å²) in [6.07, 6.45) is 3.77. The Labute approximate surface area is 214 Å². The van der Waals surface area contributed by atoms with E-state index < -0.39 is 23.5 Å². The van der Waals surface area contributed by atoms with Crippen molar-refractivity contribution in [2.45, 2.75) is 111 Å². The predicted octanol–water partition coefficient (Wildman–Crippen LogP) is 5.14. The lowest BCUT2D eigenvalue weighted by molar-refractivity contribution is -0.143. The average molecular weight is 506 g/mol. The molecule has 2 fully saturated rings. The molecule has 196 valence electrons. The summed E-state index contributed by atoms with van der Waals surface area (Å²) in [6.45, 7) is 13.2. The van der Waals surface area contributed by atoms with Crippen molar-refractivity contribution in [3.63, 3.8) is 0 Å². The minimum absolute atomic E-state index is 0.0186. The maximum absolute atomic E-state index is 13.3. The Morgan fingerprint density at radius 2 is 1.89 bits per heavy atom. The fourth-order valence-corrected chi connectivity index (χ4v) is 6.04. The Morgan fingerprint density at radius 3 is 2.51 bits per heavy atom. The molecule has 35 heavy (non-hydrogen) atoms. The molecule has 0 amide bonds. The van der Waals surface area contributed by atoms with Gasteiger partial charge in [0.1, 0.15) is 11.6 Å². The van der Waals surface area contributed by atoms with Gasteiger partial charge in [0, 0.05) is 24.1 Å². The third-order valence-corrected chi connectivity index (χ3v) is 9.19. The molecule has 7 atom stereocenters. The number of epoxide rings is 1. The van der Waals surface area contributed by atoms with Gasteiger partial charge in [0.25, 0.3) is 0 Å². The van der Waals surface area contributed by atoms with Crippen molar-refractivity contribution in [3.8, 4) is 0 Å². The molecule has 0 aromatic carbocycles. The minimum atomic E-state index is -1.12. The number of hydrogen-bond donors (Lipinski definition) is 2. The minimum Gasteiger partial charge on any atom is -0.392 e. The van der Waals surface area contributed by atoms with Crippen LogP contribution in [0.4, 0.5) is 0 Å². The van der Waals surface area contributed by atoms with E-state index in [1.54, 1.807) is 32.1 Å². The monoisotopic (exact) mass is 505 g/mol. The van der Waals surface area contributed by atoms with Crippen LogP contribution in [-0.2, 0) is 14.3 Å².